The highest BCUT2D eigenvalue weighted by Crippen LogP contribution is 2.23. The van der Waals surface area contributed by atoms with Gasteiger partial charge in [-0.25, -0.2) is 0 Å². The molecule has 0 aliphatic carbocycles. The number of Topliss-reactive ketones (excluding diaryl/α,β-unsaturated/α-hetero) is 1. The molecule has 0 saturated heterocycles. The van der Waals surface area contributed by atoms with E-state index in [4.69, 9.17) is 9.15 Å². The summed E-state index contributed by atoms with van der Waals surface area (Å²) in [6, 6.07) is 7.94. The maximum absolute atomic E-state index is 12.6. The highest BCUT2D eigenvalue weighted by molar-refractivity contribution is 7.99. The third-order valence-electron chi connectivity index (χ3n) is 4.66. The number of nitrogens with zero attached hydrogens (tertiary/aromatic N) is 3. The topological polar surface area (TPSA) is 70.2 Å². The summed E-state index contributed by atoms with van der Waals surface area (Å²) >= 11 is 1.23. The maximum Gasteiger partial charge on any atom is 0.277 e. The number of carbonyl (C=O) groups excluding carboxylic acids is 1. The predicted molar refractivity (Wildman–Crippen MR) is 114 cm³/mol. The van der Waals surface area contributed by atoms with Crippen LogP contribution in [0.15, 0.2) is 46.6 Å². The van der Waals surface area contributed by atoms with Crippen molar-refractivity contribution in [2.24, 2.45) is 0 Å². The highest BCUT2D eigenvalue weighted by Gasteiger charge is 2.17. The van der Waals surface area contributed by atoms with Crippen molar-refractivity contribution in [3.05, 3.63) is 70.9 Å². The van der Waals surface area contributed by atoms with E-state index in [0.717, 1.165) is 33.8 Å². The number of aromatic nitrogens is 3. The lowest BCUT2D eigenvalue weighted by molar-refractivity contribution is 0.102. The van der Waals surface area contributed by atoms with Crippen LogP contribution in [0.5, 0.6) is 5.75 Å². The molecule has 0 unspecified atom stereocenters. The van der Waals surface area contributed by atoms with E-state index in [2.05, 4.69) is 21.3 Å². The third-order valence-corrected chi connectivity index (χ3v) is 5.47. The first-order valence-electron chi connectivity index (χ1n) is 9.35. The molecule has 0 N–H and O–H groups in total. The Labute approximate surface area is 175 Å². The number of allylic oxidation sites excluding steroid dienone is 1. The summed E-state index contributed by atoms with van der Waals surface area (Å²) in [5.41, 5.74) is 4.87. The van der Waals surface area contributed by atoms with E-state index in [1.165, 1.54) is 11.8 Å². The maximum atomic E-state index is 12.6. The Morgan fingerprint density at radius 3 is 2.79 bits per heavy atom. The fraction of sp³-hybridized carbons (Fsp3) is 0.318. The van der Waals surface area contributed by atoms with Gasteiger partial charge in [-0.05, 0) is 51.0 Å². The number of ketones is 1. The Kier molecular flexibility index (Phi) is 6.59. The first-order chi connectivity index (χ1) is 13.9. The van der Waals surface area contributed by atoms with Gasteiger partial charge in [0.2, 0.25) is 0 Å². The van der Waals surface area contributed by atoms with Crippen LogP contribution in [-0.4, -0.2) is 26.3 Å². The predicted octanol–water partition coefficient (Wildman–Crippen LogP) is 4.84. The van der Waals surface area contributed by atoms with Gasteiger partial charge in [-0.15, -0.1) is 16.8 Å². The van der Waals surface area contributed by atoms with Gasteiger partial charge in [0.05, 0.1) is 5.75 Å². The molecule has 6 nitrogen and oxygen atoms in total. The zero-order valence-corrected chi connectivity index (χ0v) is 18.0. The quantitative estimate of drug-likeness (QED) is 0.285. The molecule has 1 aromatic carbocycles. The minimum absolute atomic E-state index is 0.0322. The fourth-order valence-corrected chi connectivity index (χ4v) is 3.72. The van der Waals surface area contributed by atoms with Crippen LogP contribution in [0.3, 0.4) is 0 Å². The molecule has 0 aliphatic rings. The molecule has 2 heterocycles. The van der Waals surface area contributed by atoms with E-state index in [0.29, 0.717) is 17.7 Å². The van der Waals surface area contributed by atoms with E-state index in [-0.39, 0.29) is 18.1 Å². The lowest BCUT2D eigenvalue weighted by atomic mass is 10.1. The Balaban J connectivity index is 1.58. The molecule has 0 bridgehead atoms. The van der Waals surface area contributed by atoms with Crippen molar-refractivity contribution in [2.45, 2.75) is 46.1 Å². The van der Waals surface area contributed by atoms with Gasteiger partial charge in [-0.1, -0.05) is 30.0 Å². The molecular weight excluding hydrogens is 386 g/mol. The lowest BCUT2D eigenvalue weighted by Gasteiger charge is -2.07. The summed E-state index contributed by atoms with van der Waals surface area (Å²) in [6.45, 7) is 12.6. The molecule has 0 fully saturated rings. The second-order valence-electron chi connectivity index (χ2n) is 6.92. The van der Waals surface area contributed by atoms with E-state index in [9.17, 15) is 4.79 Å². The van der Waals surface area contributed by atoms with Gasteiger partial charge < -0.3 is 13.7 Å². The van der Waals surface area contributed by atoms with Crippen molar-refractivity contribution >= 4 is 17.5 Å². The number of carbonyl (C=O) groups is 1. The molecule has 3 aromatic rings. The number of ether oxygens (including phenoxy) is 1. The molecule has 0 radical (unpaired) electrons. The average molecular weight is 412 g/mol. The number of thioether (sulfide) groups is 1. The van der Waals surface area contributed by atoms with Crippen molar-refractivity contribution in [3.63, 3.8) is 0 Å². The third kappa shape index (κ3) is 4.98. The number of hydrogen-bond donors (Lipinski definition) is 0. The summed E-state index contributed by atoms with van der Waals surface area (Å²) in [4.78, 5) is 12.6. The van der Waals surface area contributed by atoms with Crippen molar-refractivity contribution in [3.8, 4) is 5.75 Å². The number of benzene rings is 1. The SMILES string of the molecule is C=CCn1c(C)cc(C(=O)CSc2nnc(COc3cc(C)ccc3C)o2)c1C. The standard InChI is InChI=1S/C22H25N3O3S/c1-6-9-25-16(4)11-18(17(25)5)19(26)13-29-22-24-23-21(28-22)12-27-20-10-14(2)7-8-15(20)3/h6-8,10-11H,1,9,12-13H2,2-5H3. The largest absolute Gasteiger partial charge is 0.484 e. The molecule has 2 aromatic heterocycles. The zero-order valence-electron chi connectivity index (χ0n) is 17.2. The molecule has 0 aliphatic heterocycles. The molecule has 7 heteroatoms. The molecule has 152 valence electrons. The second kappa shape index (κ2) is 9.13. The van der Waals surface area contributed by atoms with E-state index in [1.807, 2.05) is 58.0 Å². The molecular formula is C22H25N3O3S. The molecule has 0 amide bonds. The number of aryl methyl sites for hydroxylation is 3. The van der Waals surface area contributed by atoms with E-state index >= 15 is 0 Å². The van der Waals surface area contributed by atoms with Gasteiger partial charge in [0.25, 0.3) is 11.1 Å². The Morgan fingerprint density at radius 2 is 2.03 bits per heavy atom. The Hall–Kier alpha value is -2.80. The molecule has 3 rings (SSSR count). The summed E-state index contributed by atoms with van der Waals surface area (Å²) in [5, 5.41) is 8.37. The van der Waals surface area contributed by atoms with E-state index in [1.54, 1.807) is 0 Å². The van der Waals surface area contributed by atoms with Gasteiger partial charge in [0, 0.05) is 23.5 Å². The van der Waals surface area contributed by atoms with Gasteiger partial charge in [-0.3, -0.25) is 4.79 Å². The van der Waals surface area contributed by atoms with Gasteiger partial charge in [-0.2, -0.15) is 0 Å². The number of hydrogen-bond acceptors (Lipinski definition) is 6. The average Bonchev–Trinajstić information content (AvgIpc) is 3.26. The van der Waals surface area contributed by atoms with Crippen LogP contribution in [0.4, 0.5) is 0 Å². The minimum atomic E-state index is 0.0322. The Bertz CT molecular complexity index is 1040. The smallest absolute Gasteiger partial charge is 0.277 e. The van der Waals surface area contributed by atoms with Crippen molar-refractivity contribution in [2.75, 3.05) is 5.75 Å². The summed E-state index contributed by atoms with van der Waals surface area (Å²) in [6.07, 6.45) is 1.82. The first-order valence-corrected chi connectivity index (χ1v) is 10.3. The summed E-state index contributed by atoms with van der Waals surface area (Å²) in [7, 11) is 0. The zero-order chi connectivity index (χ0) is 21.0. The van der Waals surface area contributed by atoms with Gasteiger partial charge in [0.1, 0.15) is 5.75 Å². The van der Waals surface area contributed by atoms with Crippen molar-refractivity contribution < 1.29 is 13.9 Å². The summed E-state index contributed by atoms with van der Waals surface area (Å²) in [5.74, 6) is 1.44. The van der Waals surface area contributed by atoms with E-state index < -0.39 is 0 Å². The van der Waals surface area contributed by atoms with Crippen LogP contribution in [0.2, 0.25) is 0 Å². The number of rotatable bonds is 9. The normalized spacial score (nSPS) is 10.9. The second-order valence-corrected chi connectivity index (χ2v) is 7.84. The van der Waals surface area contributed by atoms with Crippen LogP contribution >= 0.6 is 11.8 Å². The Morgan fingerprint density at radius 1 is 1.24 bits per heavy atom. The van der Waals surface area contributed by atoms with Crippen LogP contribution in [0.1, 0.15) is 38.8 Å². The minimum Gasteiger partial charge on any atom is -0.484 e. The fourth-order valence-electron chi connectivity index (χ4n) is 3.06. The lowest BCUT2D eigenvalue weighted by Crippen LogP contribution is -2.06. The van der Waals surface area contributed by atoms with Gasteiger partial charge >= 0.3 is 0 Å². The van der Waals surface area contributed by atoms with Crippen LogP contribution in [-0.2, 0) is 13.2 Å². The van der Waals surface area contributed by atoms with Crippen LogP contribution in [0.25, 0.3) is 0 Å². The van der Waals surface area contributed by atoms with Crippen LogP contribution in [0, 0.1) is 27.7 Å². The van der Waals surface area contributed by atoms with Crippen molar-refractivity contribution in [1.29, 1.82) is 0 Å². The summed E-state index contributed by atoms with van der Waals surface area (Å²) < 4.78 is 13.5. The van der Waals surface area contributed by atoms with Gasteiger partial charge in [0.15, 0.2) is 12.4 Å². The monoisotopic (exact) mass is 411 g/mol. The molecule has 0 saturated carbocycles. The first kappa shape index (κ1) is 20.9. The molecule has 0 spiro atoms. The van der Waals surface area contributed by atoms with Crippen LogP contribution < -0.4 is 4.74 Å². The molecule has 0 atom stereocenters. The molecule has 29 heavy (non-hydrogen) atoms. The highest BCUT2D eigenvalue weighted by atomic mass is 32.2. The van der Waals surface area contributed by atoms with Crippen molar-refractivity contribution in [1.82, 2.24) is 14.8 Å².